The molecule has 1 aliphatic rings. The van der Waals surface area contributed by atoms with Crippen molar-refractivity contribution in [2.24, 2.45) is 0 Å². The number of anilines is 2. The second-order valence-electron chi connectivity index (χ2n) is 5.21. The molecule has 0 saturated heterocycles. The minimum absolute atomic E-state index is 0.0563. The molecule has 0 aromatic heterocycles. The molecule has 22 heavy (non-hydrogen) atoms. The van der Waals surface area contributed by atoms with Gasteiger partial charge in [0.2, 0.25) is 0 Å². The Morgan fingerprint density at radius 3 is 2.14 bits per heavy atom. The average Bonchev–Trinajstić information content (AvgIpc) is 2.84. The molecular formula is C19H12ClNO. The van der Waals surface area contributed by atoms with E-state index in [1.807, 2.05) is 66.7 Å². The monoisotopic (exact) mass is 305 g/mol. The van der Waals surface area contributed by atoms with Crippen molar-refractivity contribution in [3.8, 4) is 11.1 Å². The highest BCUT2D eigenvalue weighted by Crippen LogP contribution is 2.41. The lowest BCUT2D eigenvalue weighted by atomic mass is 10.0. The Hall–Kier alpha value is -2.58. The van der Waals surface area contributed by atoms with Crippen molar-refractivity contribution in [1.82, 2.24) is 0 Å². The summed E-state index contributed by atoms with van der Waals surface area (Å²) in [5, 5.41) is 3.91. The first-order valence-corrected chi connectivity index (χ1v) is 7.42. The summed E-state index contributed by atoms with van der Waals surface area (Å²) in [6.07, 6.45) is 0. The van der Waals surface area contributed by atoms with Crippen molar-refractivity contribution in [2.45, 2.75) is 0 Å². The molecule has 0 heterocycles. The van der Waals surface area contributed by atoms with Crippen molar-refractivity contribution in [2.75, 3.05) is 5.32 Å². The summed E-state index contributed by atoms with van der Waals surface area (Å²) in [5.41, 5.74) is 5.01. The van der Waals surface area contributed by atoms with Gasteiger partial charge < -0.3 is 5.32 Å². The van der Waals surface area contributed by atoms with Gasteiger partial charge in [0.25, 0.3) is 0 Å². The van der Waals surface area contributed by atoms with Gasteiger partial charge in [-0.2, -0.15) is 0 Å². The normalized spacial score (nSPS) is 12.0. The molecule has 3 aromatic rings. The average molecular weight is 306 g/mol. The van der Waals surface area contributed by atoms with Gasteiger partial charge in [-0.25, -0.2) is 0 Å². The van der Waals surface area contributed by atoms with Gasteiger partial charge in [-0.05, 0) is 29.3 Å². The molecule has 1 N–H and O–H groups in total. The Kier molecular flexibility index (Phi) is 2.98. The number of ketones is 1. The Morgan fingerprint density at radius 1 is 0.682 bits per heavy atom. The molecule has 4 rings (SSSR count). The maximum atomic E-state index is 12.7. The number of nitrogens with one attached hydrogen (secondary N) is 1. The van der Waals surface area contributed by atoms with E-state index >= 15 is 0 Å². The van der Waals surface area contributed by atoms with E-state index in [2.05, 4.69) is 5.32 Å². The predicted molar refractivity (Wildman–Crippen MR) is 90.0 cm³/mol. The zero-order chi connectivity index (χ0) is 15.1. The van der Waals surface area contributed by atoms with E-state index in [1.165, 1.54) is 0 Å². The Balaban J connectivity index is 1.85. The van der Waals surface area contributed by atoms with Crippen molar-refractivity contribution in [3.05, 3.63) is 82.9 Å². The van der Waals surface area contributed by atoms with E-state index in [0.29, 0.717) is 10.6 Å². The van der Waals surface area contributed by atoms with Crippen molar-refractivity contribution < 1.29 is 4.79 Å². The molecule has 0 saturated carbocycles. The van der Waals surface area contributed by atoms with Gasteiger partial charge in [0.15, 0.2) is 5.78 Å². The van der Waals surface area contributed by atoms with Crippen molar-refractivity contribution in [3.63, 3.8) is 0 Å². The topological polar surface area (TPSA) is 29.1 Å². The SMILES string of the molecule is O=C1c2ccccc2-c2cccc(Nc3ccccc3Cl)c21. The molecule has 0 radical (unpaired) electrons. The van der Waals surface area contributed by atoms with E-state index in [1.54, 1.807) is 0 Å². The van der Waals surface area contributed by atoms with Crippen LogP contribution in [-0.4, -0.2) is 5.78 Å². The predicted octanol–water partition coefficient (Wildman–Crippen LogP) is 5.30. The van der Waals surface area contributed by atoms with Gasteiger partial charge in [0.05, 0.1) is 22.0 Å². The number of hydrogen-bond acceptors (Lipinski definition) is 2. The van der Waals surface area contributed by atoms with Crippen LogP contribution in [-0.2, 0) is 0 Å². The maximum absolute atomic E-state index is 12.7. The molecule has 0 spiro atoms. The second-order valence-corrected chi connectivity index (χ2v) is 5.61. The minimum atomic E-state index is 0.0563. The number of hydrogen-bond donors (Lipinski definition) is 1. The Morgan fingerprint density at radius 2 is 1.32 bits per heavy atom. The number of benzene rings is 3. The fourth-order valence-corrected chi connectivity index (χ4v) is 3.07. The summed E-state index contributed by atoms with van der Waals surface area (Å²) < 4.78 is 0. The fraction of sp³-hybridized carbons (Fsp3) is 0. The molecule has 0 atom stereocenters. The van der Waals surface area contributed by atoms with E-state index < -0.39 is 0 Å². The van der Waals surface area contributed by atoms with Crippen LogP contribution in [0.25, 0.3) is 11.1 Å². The molecule has 0 amide bonds. The summed E-state index contributed by atoms with van der Waals surface area (Å²) in [5.74, 6) is 0.0563. The lowest BCUT2D eigenvalue weighted by Crippen LogP contribution is -2.01. The third kappa shape index (κ3) is 1.92. The fourth-order valence-electron chi connectivity index (χ4n) is 2.88. The van der Waals surface area contributed by atoms with Crippen LogP contribution in [0.5, 0.6) is 0 Å². The van der Waals surface area contributed by atoms with Crippen molar-refractivity contribution in [1.29, 1.82) is 0 Å². The van der Waals surface area contributed by atoms with E-state index in [-0.39, 0.29) is 5.78 Å². The molecule has 3 heteroatoms. The number of carbonyl (C=O) groups is 1. The molecule has 0 aliphatic heterocycles. The first kappa shape index (κ1) is 13.1. The molecule has 106 valence electrons. The zero-order valence-electron chi connectivity index (χ0n) is 11.6. The number of para-hydroxylation sites is 1. The smallest absolute Gasteiger partial charge is 0.196 e. The third-order valence-corrected chi connectivity index (χ3v) is 4.23. The lowest BCUT2D eigenvalue weighted by molar-refractivity contribution is 0.104. The van der Waals surface area contributed by atoms with Crippen molar-refractivity contribution >= 4 is 28.8 Å². The summed E-state index contributed by atoms with van der Waals surface area (Å²) in [7, 11) is 0. The Labute approximate surface area is 133 Å². The van der Waals surface area contributed by atoms with E-state index in [4.69, 9.17) is 11.6 Å². The van der Waals surface area contributed by atoms with Crippen LogP contribution in [0.4, 0.5) is 11.4 Å². The van der Waals surface area contributed by atoms with Gasteiger partial charge in [0.1, 0.15) is 0 Å². The van der Waals surface area contributed by atoms with Crippen LogP contribution in [0.1, 0.15) is 15.9 Å². The molecule has 0 bridgehead atoms. The van der Waals surface area contributed by atoms with Crippen LogP contribution in [0.15, 0.2) is 66.7 Å². The van der Waals surface area contributed by atoms with E-state index in [0.717, 1.165) is 28.1 Å². The van der Waals surface area contributed by atoms with Crippen LogP contribution < -0.4 is 5.32 Å². The van der Waals surface area contributed by atoms with Gasteiger partial charge in [-0.1, -0.05) is 60.1 Å². The van der Waals surface area contributed by atoms with Gasteiger partial charge in [0, 0.05) is 5.56 Å². The standard InChI is InChI=1S/C19H12ClNO/c20-15-9-3-4-10-16(15)21-17-11-5-8-13-12-6-1-2-7-14(12)19(22)18(13)17/h1-11,21H. The molecule has 0 fully saturated rings. The highest BCUT2D eigenvalue weighted by molar-refractivity contribution is 6.33. The molecule has 1 aliphatic carbocycles. The molecule has 0 unspecified atom stereocenters. The molecule has 3 aromatic carbocycles. The molecular weight excluding hydrogens is 294 g/mol. The third-order valence-electron chi connectivity index (χ3n) is 3.90. The number of rotatable bonds is 2. The number of carbonyl (C=O) groups excluding carboxylic acids is 1. The summed E-state index contributed by atoms with van der Waals surface area (Å²) in [4.78, 5) is 12.7. The van der Waals surface area contributed by atoms with Gasteiger partial charge in [-0.15, -0.1) is 0 Å². The van der Waals surface area contributed by atoms with Crippen LogP contribution in [0, 0.1) is 0 Å². The van der Waals surface area contributed by atoms with Crippen LogP contribution >= 0.6 is 11.6 Å². The number of fused-ring (bicyclic) bond motifs is 3. The maximum Gasteiger partial charge on any atom is 0.196 e. The largest absolute Gasteiger partial charge is 0.354 e. The summed E-state index contributed by atoms with van der Waals surface area (Å²) >= 11 is 6.20. The summed E-state index contributed by atoms with van der Waals surface area (Å²) in [6, 6.07) is 21.1. The van der Waals surface area contributed by atoms with Crippen LogP contribution in [0.3, 0.4) is 0 Å². The lowest BCUT2D eigenvalue weighted by Gasteiger charge is -2.11. The van der Waals surface area contributed by atoms with Crippen LogP contribution in [0.2, 0.25) is 5.02 Å². The minimum Gasteiger partial charge on any atom is -0.354 e. The van der Waals surface area contributed by atoms with Gasteiger partial charge in [-0.3, -0.25) is 4.79 Å². The second kappa shape index (κ2) is 5.00. The first-order valence-electron chi connectivity index (χ1n) is 7.04. The summed E-state index contributed by atoms with van der Waals surface area (Å²) in [6.45, 7) is 0. The molecule has 2 nitrogen and oxygen atoms in total. The highest BCUT2D eigenvalue weighted by atomic mass is 35.5. The number of halogens is 1. The quantitative estimate of drug-likeness (QED) is 0.545. The van der Waals surface area contributed by atoms with E-state index in [9.17, 15) is 4.79 Å². The zero-order valence-corrected chi connectivity index (χ0v) is 12.4. The first-order chi connectivity index (χ1) is 10.8. The highest BCUT2D eigenvalue weighted by Gasteiger charge is 2.28. The van der Waals surface area contributed by atoms with Gasteiger partial charge >= 0.3 is 0 Å². The Bertz CT molecular complexity index is 901.